The van der Waals surface area contributed by atoms with Crippen LogP contribution in [0.1, 0.15) is 47.0 Å². The van der Waals surface area contributed by atoms with Crippen LogP contribution in [0.5, 0.6) is 0 Å². The smallest absolute Gasteiger partial charge is 0.111 e. The number of nitrogens with zero attached hydrogens (tertiary/aromatic N) is 1. The van der Waals surface area contributed by atoms with Crippen molar-refractivity contribution in [2.75, 3.05) is 26.7 Å². The molecule has 0 bridgehead atoms. The van der Waals surface area contributed by atoms with Gasteiger partial charge in [0.1, 0.15) is 5.76 Å². The lowest BCUT2D eigenvalue weighted by Crippen LogP contribution is -2.59. The van der Waals surface area contributed by atoms with Gasteiger partial charge in [0.15, 0.2) is 0 Å². The van der Waals surface area contributed by atoms with Crippen LogP contribution in [0.3, 0.4) is 0 Å². The highest BCUT2D eigenvalue weighted by Crippen LogP contribution is 2.29. The quantitative estimate of drug-likeness (QED) is 0.756. The first-order valence-electron chi connectivity index (χ1n) is 7.39. The van der Waals surface area contributed by atoms with Crippen LogP contribution in [0.2, 0.25) is 0 Å². The molecule has 3 heteroatoms. The van der Waals surface area contributed by atoms with E-state index in [-0.39, 0.29) is 11.6 Å². The SMILES string of the molecule is CCN(CC)C(C)(CC)C(NC)C1=CCCCO1. The summed E-state index contributed by atoms with van der Waals surface area (Å²) in [6.45, 7) is 12.1. The molecular weight excluding hydrogens is 224 g/mol. The van der Waals surface area contributed by atoms with Crippen LogP contribution in [0.15, 0.2) is 11.8 Å². The Morgan fingerprint density at radius 1 is 1.39 bits per heavy atom. The highest BCUT2D eigenvalue weighted by atomic mass is 16.5. The molecule has 0 amide bonds. The van der Waals surface area contributed by atoms with Crippen molar-refractivity contribution in [2.45, 2.75) is 58.5 Å². The molecule has 0 saturated heterocycles. The number of rotatable bonds is 7. The Balaban J connectivity index is 2.97. The van der Waals surface area contributed by atoms with Crippen LogP contribution in [-0.2, 0) is 4.74 Å². The topological polar surface area (TPSA) is 24.5 Å². The molecule has 106 valence electrons. The lowest BCUT2D eigenvalue weighted by Gasteiger charge is -2.46. The Morgan fingerprint density at radius 3 is 2.44 bits per heavy atom. The van der Waals surface area contributed by atoms with Crippen molar-refractivity contribution in [3.8, 4) is 0 Å². The second-order valence-corrected chi connectivity index (χ2v) is 5.20. The van der Waals surface area contributed by atoms with E-state index >= 15 is 0 Å². The molecule has 1 N–H and O–H groups in total. The second kappa shape index (κ2) is 7.15. The average Bonchev–Trinajstić information content (AvgIpc) is 2.42. The monoisotopic (exact) mass is 254 g/mol. The minimum atomic E-state index is 0.113. The van der Waals surface area contributed by atoms with E-state index in [9.17, 15) is 0 Å². The van der Waals surface area contributed by atoms with Gasteiger partial charge in [-0.3, -0.25) is 4.90 Å². The molecule has 3 nitrogen and oxygen atoms in total. The molecule has 0 aliphatic carbocycles. The maximum absolute atomic E-state index is 5.89. The summed E-state index contributed by atoms with van der Waals surface area (Å²) in [7, 11) is 2.04. The number of likely N-dealkylation sites (N-methyl/N-ethyl adjacent to an activating group) is 2. The first-order chi connectivity index (χ1) is 8.63. The molecule has 1 aliphatic heterocycles. The van der Waals surface area contributed by atoms with Crippen LogP contribution in [-0.4, -0.2) is 43.2 Å². The molecule has 0 radical (unpaired) electrons. The molecule has 0 saturated carbocycles. The van der Waals surface area contributed by atoms with Crippen molar-refractivity contribution in [2.24, 2.45) is 0 Å². The van der Waals surface area contributed by atoms with Gasteiger partial charge in [0.05, 0.1) is 12.6 Å². The molecule has 0 fully saturated rings. The van der Waals surface area contributed by atoms with Crippen LogP contribution in [0.25, 0.3) is 0 Å². The minimum absolute atomic E-state index is 0.113. The van der Waals surface area contributed by atoms with Crippen molar-refractivity contribution in [3.63, 3.8) is 0 Å². The third kappa shape index (κ3) is 3.07. The van der Waals surface area contributed by atoms with E-state index in [2.05, 4.69) is 44.0 Å². The van der Waals surface area contributed by atoms with E-state index in [1.807, 2.05) is 7.05 Å². The van der Waals surface area contributed by atoms with Gasteiger partial charge in [0.2, 0.25) is 0 Å². The Hall–Kier alpha value is -0.540. The summed E-state index contributed by atoms with van der Waals surface area (Å²) in [4.78, 5) is 2.53. The zero-order chi connectivity index (χ0) is 13.6. The standard InChI is InChI=1S/C15H30N2O/c1-6-15(4,17(7-2)8-3)14(16-5)13-11-9-10-12-18-13/h11,14,16H,6-10,12H2,1-5H3. The Kier molecular flexibility index (Phi) is 6.16. The first kappa shape index (κ1) is 15.5. The molecular formula is C15H30N2O. The zero-order valence-corrected chi connectivity index (χ0v) is 12.8. The highest BCUT2D eigenvalue weighted by Gasteiger charge is 2.39. The number of hydrogen-bond donors (Lipinski definition) is 1. The van der Waals surface area contributed by atoms with Gasteiger partial charge in [-0.25, -0.2) is 0 Å². The van der Waals surface area contributed by atoms with Crippen molar-refractivity contribution < 1.29 is 4.74 Å². The summed E-state index contributed by atoms with van der Waals surface area (Å²) < 4.78 is 5.89. The van der Waals surface area contributed by atoms with Crippen molar-refractivity contribution in [1.82, 2.24) is 10.2 Å². The van der Waals surface area contributed by atoms with Gasteiger partial charge in [-0.1, -0.05) is 20.8 Å². The summed E-state index contributed by atoms with van der Waals surface area (Å²) >= 11 is 0. The third-order valence-corrected chi connectivity index (χ3v) is 4.36. The normalized spacial score (nSPS) is 21.1. The van der Waals surface area contributed by atoms with E-state index in [0.717, 1.165) is 44.7 Å². The van der Waals surface area contributed by atoms with Crippen molar-refractivity contribution in [3.05, 3.63) is 11.8 Å². The number of nitrogens with one attached hydrogen (secondary N) is 1. The van der Waals surface area contributed by atoms with Crippen molar-refractivity contribution in [1.29, 1.82) is 0 Å². The van der Waals surface area contributed by atoms with Gasteiger partial charge in [-0.2, -0.15) is 0 Å². The molecule has 0 aromatic carbocycles. The first-order valence-corrected chi connectivity index (χ1v) is 7.39. The molecule has 0 aromatic heterocycles. The van der Waals surface area contributed by atoms with Gasteiger partial charge >= 0.3 is 0 Å². The number of hydrogen-bond acceptors (Lipinski definition) is 3. The van der Waals surface area contributed by atoms with E-state index in [0.29, 0.717) is 0 Å². The molecule has 2 atom stereocenters. The van der Waals surface area contributed by atoms with E-state index in [1.165, 1.54) is 0 Å². The van der Waals surface area contributed by atoms with Crippen LogP contribution in [0.4, 0.5) is 0 Å². The summed E-state index contributed by atoms with van der Waals surface area (Å²) in [5.74, 6) is 1.14. The summed E-state index contributed by atoms with van der Waals surface area (Å²) in [5, 5.41) is 3.48. The van der Waals surface area contributed by atoms with Gasteiger partial charge in [0.25, 0.3) is 0 Å². The lowest BCUT2D eigenvalue weighted by molar-refractivity contribution is 0.0517. The molecule has 0 spiro atoms. The van der Waals surface area contributed by atoms with Gasteiger partial charge in [-0.15, -0.1) is 0 Å². The Labute approximate surface area is 113 Å². The Bertz CT molecular complexity index is 274. The van der Waals surface area contributed by atoms with Gasteiger partial charge in [0, 0.05) is 5.54 Å². The second-order valence-electron chi connectivity index (χ2n) is 5.20. The average molecular weight is 254 g/mol. The fraction of sp³-hybridized carbons (Fsp3) is 0.867. The predicted molar refractivity (Wildman–Crippen MR) is 77.7 cm³/mol. The molecule has 0 aromatic rings. The summed E-state index contributed by atoms with van der Waals surface area (Å²) in [6.07, 6.45) is 5.67. The van der Waals surface area contributed by atoms with E-state index in [1.54, 1.807) is 0 Å². The molecule has 1 heterocycles. The van der Waals surface area contributed by atoms with Gasteiger partial charge in [-0.05, 0) is 52.4 Å². The Morgan fingerprint density at radius 2 is 2.06 bits per heavy atom. The van der Waals surface area contributed by atoms with Crippen molar-refractivity contribution >= 4 is 0 Å². The summed E-state index contributed by atoms with van der Waals surface area (Å²) in [5.41, 5.74) is 0.113. The number of allylic oxidation sites excluding steroid dienone is 1. The van der Waals surface area contributed by atoms with Crippen LogP contribution >= 0.6 is 0 Å². The number of ether oxygens (including phenoxy) is 1. The predicted octanol–water partition coefficient (Wildman–Crippen LogP) is 2.78. The fourth-order valence-corrected chi connectivity index (χ4v) is 3.09. The summed E-state index contributed by atoms with van der Waals surface area (Å²) in [6, 6.07) is 0.280. The van der Waals surface area contributed by atoms with E-state index in [4.69, 9.17) is 4.74 Å². The largest absolute Gasteiger partial charge is 0.497 e. The van der Waals surface area contributed by atoms with Crippen LogP contribution in [0, 0.1) is 0 Å². The highest BCUT2D eigenvalue weighted by molar-refractivity contribution is 5.14. The van der Waals surface area contributed by atoms with Gasteiger partial charge < -0.3 is 10.1 Å². The molecule has 1 rings (SSSR count). The van der Waals surface area contributed by atoms with E-state index < -0.39 is 0 Å². The maximum Gasteiger partial charge on any atom is 0.111 e. The minimum Gasteiger partial charge on any atom is -0.497 e. The van der Waals surface area contributed by atoms with Crippen LogP contribution < -0.4 is 5.32 Å². The lowest BCUT2D eigenvalue weighted by atomic mass is 9.85. The molecule has 18 heavy (non-hydrogen) atoms. The fourth-order valence-electron chi connectivity index (χ4n) is 3.09. The molecule has 2 unspecified atom stereocenters. The maximum atomic E-state index is 5.89. The zero-order valence-electron chi connectivity index (χ0n) is 12.8. The molecule has 1 aliphatic rings. The third-order valence-electron chi connectivity index (χ3n) is 4.36.